The van der Waals surface area contributed by atoms with Gasteiger partial charge in [0.2, 0.25) is 0 Å². The van der Waals surface area contributed by atoms with Crippen LogP contribution in [0.3, 0.4) is 0 Å². The SMILES string of the molecule is CCCN1C(=O)C(=O)/C(=C(/O)c2ccc(OCC)c(C(C)C)c2)C1c1ccc(OCc2ccccc2)c(OC)c1. The minimum atomic E-state index is -0.772. The fourth-order valence-corrected chi connectivity index (χ4v) is 5.00. The van der Waals surface area contributed by atoms with Gasteiger partial charge in [-0.25, -0.2) is 0 Å². The summed E-state index contributed by atoms with van der Waals surface area (Å²) in [6.07, 6.45) is 0.652. The smallest absolute Gasteiger partial charge is 0.295 e. The number of likely N-dealkylation sites (tertiary alicyclic amines) is 1. The standard InChI is InChI=1S/C33H37NO6/c1-6-17-34-30(23-13-16-27(28(19-23)38-5)40-20-22-11-9-8-10-12-22)29(32(36)33(34)37)31(35)24-14-15-26(39-7-2)25(18-24)21(3)4/h8-16,18-19,21,30,35H,6-7,17,20H2,1-5H3/b31-29+. The van der Waals surface area contributed by atoms with E-state index in [1.165, 1.54) is 4.90 Å². The van der Waals surface area contributed by atoms with Crippen LogP contribution in [-0.2, 0) is 16.2 Å². The van der Waals surface area contributed by atoms with Crippen molar-refractivity contribution in [2.24, 2.45) is 0 Å². The molecule has 0 aromatic heterocycles. The van der Waals surface area contributed by atoms with Crippen LogP contribution in [0.4, 0.5) is 0 Å². The Morgan fingerprint density at radius 3 is 2.30 bits per heavy atom. The highest BCUT2D eigenvalue weighted by atomic mass is 16.5. The summed E-state index contributed by atoms with van der Waals surface area (Å²) in [7, 11) is 1.55. The van der Waals surface area contributed by atoms with Gasteiger partial charge in [0.25, 0.3) is 11.7 Å². The number of hydrogen-bond acceptors (Lipinski definition) is 6. The molecule has 1 saturated heterocycles. The molecule has 1 aliphatic rings. The van der Waals surface area contributed by atoms with Gasteiger partial charge in [-0.05, 0) is 66.3 Å². The lowest BCUT2D eigenvalue weighted by molar-refractivity contribution is -0.139. The first kappa shape index (κ1) is 28.7. The van der Waals surface area contributed by atoms with Gasteiger partial charge < -0.3 is 24.2 Å². The van der Waals surface area contributed by atoms with Crippen molar-refractivity contribution in [1.29, 1.82) is 0 Å². The average molecular weight is 544 g/mol. The zero-order valence-electron chi connectivity index (χ0n) is 23.8. The molecule has 1 N–H and O–H groups in total. The van der Waals surface area contributed by atoms with Crippen molar-refractivity contribution >= 4 is 17.4 Å². The molecular weight excluding hydrogens is 506 g/mol. The number of carbonyl (C=O) groups excluding carboxylic acids is 2. The number of hydrogen-bond donors (Lipinski definition) is 1. The first-order valence-corrected chi connectivity index (χ1v) is 13.7. The molecule has 0 aliphatic carbocycles. The minimum absolute atomic E-state index is 0.0531. The van der Waals surface area contributed by atoms with Gasteiger partial charge >= 0.3 is 0 Å². The average Bonchev–Trinajstić information content (AvgIpc) is 3.21. The van der Waals surface area contributed by atoms with Crippen LogP contribution in [0.2, 0.25) is 0 Å². The molecule has 4 rings (SSSR count). The van der Waals surface area contributed by atoms with Gasteiger partial charge in [0.1, 0.15) is 18.1 Å². The third-order valence-corrected chi connectivity index (χ3v) is 6.95. The van der Waals surface area contributed by atoms with Crippen LogP contribution in [0.25, 0.3) is 5.76 Å². The first-order chi connectivity index (χ1) is 19.3. The van der Waals surface area contributed by atoms with Crippen molar-refractivity contribution < 1.29 is 28.9 Å². The number of methoxy groups -OCH3 is 1. The highest BCUT2D eigenvalue weighted by Gasteiger charge is 2.46. The molecule has 210 valence electrons. The molecule has 1 unspecified atom stereocenters. The molecule has 0 saturated carbocycles. The van der Waals surface area contributed by atoms with Crippen LogP contribution in [0, 0.1) is 0 Å². The Bertz CT molecular complexity index is 1400. The van der Waals surface area contributed by atoms with Gasteiger partial charge in [0.15, 0.2) is 11.5 Å². The zero-order valence-corrected chi connectivity index (χ0v) is 23.8. The summed E-state index contributed by atoms with van der Waals surface area (Å²) in [5.41, 5.74) is 3.08. The van der Waals surface area contributed by atoms with Crippen molar-refractivity contribution in [2.45, 2.75) is 52.7 Å². The summed E-state index contributed by atoms with van der Waals surface area (Å²) in [4.78, 5) is 28.1. The molecule has 40 heavy (non-hydrogen) atoms. The van der Waals surface area contributed by atoms with Crippen molar-refractivity contribution in [2.75, 3.05) is 20.3 Å². The lowest BCUT2D eigenvalue weighted by Gasteiger charge is -2.25. The van der Waals surface area contributed by atoms with E-state index in [9.17, 15) is 14.7 Å². The summed E-state index contributed by atoms with van der Waals surface area (Å²) in [6, 6.07) is 19.7. The van der Waals surface area contributed by atoms with E-state index in [1.54, 1.807) is 31.4 Å². The van der Waals surface area contributed by atoms with E-state index in [0.29, 0.717) is 48.8 Å². The summed E-state index contributed by atoms with van der Waals surface area (Å²) >= 11 is 0. The van der Waals surface area contributed by atoms with Crippen molar-refractivity contribution in [1.82, 2.24) is 4.90 Å². The van der Waals surface area contributed by atoms with E-state index in [4.69, 9.17) is 14.2 Å². The monoisotopic (exact) mass is 543 g/mol. The number of ether oxygens (including phenoxy) is 3. The first-order valence-electron chi connectivity index (χ1n) is 13.7. The topological polar surface area (TPSA) is 85.3 Å². The van der Waals surface area contributed by atoms with Crippen LogP contribution in [0.1, 0.15) is 68.3 Å². The highest BCUT2D eigenvalue weighted by Crippen LogP contribution is 2.43. The van der Waals surface area contributed by atoms with Crippen LogP contribution in [-0.4, -0.2) is 42.0 Å². The molecular formula is C33H37NO6. The Balaban J connectivity index is 1.78. The molecule has 1 fully saturated rings. The van der Waals surface area contributed by atoms with Gasteiger partial charge in [0.05, 0.1) is 25.3 Å². The Morgan fingerprint density at radius 2 is 1.65 bits per heavy atom. The molecule has 0 bridgehead atoms. The number of Topliss-reactive ketones (excluding diaryl/α,β-unsaturated/α-hetero) is 1. The lowest BCUT2D eigenvalue weighted by Crippen LogP contribution is -2.30. The van der Waals surface area contributed by atoms with E-state index in [0.717, 1.165) is 16.9 Å². The minimum Gasteiger partial charge on any atom is -0.507 e. The second-order valence-corrected chi connectivity index (χ2v) is 10.0. The Hall–Kier alpha value is -4.26. The molecule has 7 heteroatoms. The second-order valence-electron chi connectivity index (χ2n) is 10.0. The van der Waals surface area contributed by atoms with Crippen LogP contribution < -0.4 is 14.2 Å². The molecule has 0 radical (unpaired) electrons. The Kier molecular flexibility index (Phi) is 9.15. The number of ketones is 1. The summed E-state index contributed by atoms with van der Waals surface area (Å²) in [6.45, 7) is 9.17. The van der Waals surface area contributed by atoms with Gasteiger partial charge in [-0.3, -0.25) is 9.59 Å². The number of nitrogens with zero attached hydrogens (tertiary/aromatic N) is 1. The number of amides is 1. The number of carbonyl (C=O) groups is 2. The predicted octanol–water partition coefficient (Wildman–Crippen LogP) is 6.63. The fourth-order valence-electron chi connectivity index (χ4n) is 5.00. The highest BCUT2D eigenvalue weighted by molar-refractivity contribution is 6.46. The number of rotatable bonds is 11. The van der Waals surface area contributed by atoms with Crippen molar-refractivity contribution in [3.63, 3.8) is 0 Å². The van der Waals surface area contributed by atoms with E-state index in [-0.39, 0.29) is 17.3 Å². The fraction of sp³-hybridized carbons (Fsp3) is 0.333. The van der Waals surface area contributed by atoms with E-state index < -0.39 is 17.7 Å². The number of aliphatic hydroxyl groups is 1. The quantitative estimate of drug-likeness (QED) is 0.166. The van der Waals surface area contributed by atoms with E-state index in [1.807, 2.05) is 70.2 Å². The van der Waals surface area contributed by atoms with Gasteiger partial charge in [-0.2, -0.15) is 0 Å². The maximum atomic E-state index is 13.4. The van der Waals surface area contributed by atoms with Crippen molar-refractivity contribution in [3.05, 3.63) is 94.6 Å². The summed E-state index contributed by atoms with van der Waals surface area (Å²) in [5, 5.41) is 11.5. The van der Waals surface area contributed by atoms with Crippen molar-refractivity contribution in [3.8, 4) is 17.2 Å². The van der Waals surface area contributed by atoms with Crippen LogP contribution in [0.15, 0.2) is 72.3 Å². The van der Waals surface area contributed by atoms with Crippen LogP contribution in [0.5, 0.6) is 17.2 Å². The molecule has 1 amide bonds. The summed E-state index contributed by atoms with van der Waals surface area (Å²) < 4.78 is 17.4. The maximum Gasteiger partial charge on any atom is 0.295 e. The number of aliphatic hydroxyl groups excluding tert-OH is 1. The van der Waals surface area contributed by atoms with Gasteiger partial charge in [-0.15, -0.1) is 0 Å². The molecule has 1 aliphatic heterocycles. The number of benzene rings is 3. The van der Waals surface area contributed by atoms with E-state index >= 15 is 0 Å². The Morgan fingerprint density at radius 1 is 0.925 bits per heavy atom. The maximum absolute atomic E-state index is 13.4. The third kappa shape index (κ3) is 5.83. The normalized spacial score (nSPS) is 16.4. The Labute approximate surface area is 236 Å². The molecule has 3 aromatic carbocycles. The second kappa shape index (κ2) is 12.7. The molecule has 1 heterocycles. The predicted molar refractivity (Wildman–Crippen MR) is 155 cm³/mol. The molecule has 7 nitrogen and oxygen atoms in total. The molecule has 0 spiro atoms. The third-order valence-electron chi connectivity index (χ3n) is 6.95. The largest absolute Gasteiger partial charge is 0.507 e. The molecule has 3 aromatic rings. The zero-order chi connectivity index (χ0) is 28.8. The van der Waals surface area contributed by atoms with E-state index in [2.05, 4.69) is 0 Å². The molecule has 1 atom stereocenters. The van der Waals surface area contributed by atoms with Crippen LogP contribution >= 0.6 is 0 Å². The van der Waals surface area contributed by atoms with Gasteiger partial charge in [0, 0.05) is 12.1 Å². The lowest BCUT2D eigenvalue weighted by atomic mass is 9.93. The summed E-state index contributed by atoms with van der Waals surface area (Å²) in [5.74, 6) is 0.309. The van der Waals surface area contributed by atoms with Gasteiger partial charge in [-0.1, -0.05) is 57.2 Å².